The fourth-order valence-electron chi connectivity index (χ4n) is 6.58. The Morgan fingerprint density at radius 2 is 1.88 bits per heavy atom. The van der Waals surface area contributed by atoms with Crippen LogP contribution in [-0.4, -0.2) is 28.6 Å². The van der Waals surface area contributed by atoms with E-state index in [1.54, 1.807) is 6.92 Å². The van der Waals surface area contributed by atoms with Gasteiger partial charge in [-0.2, -0.15) is 0 Å². The second-order valence-electron chi connectivity index (χ2n) is 11.1. The van der Waals surface area contributed by atoms with Crippen LogP contribution in [0.25, 0.3) is 0 Å². The molecule has 4 unspecified atom stereocenters. The topological polar surface area (TPSA) is 89.6 Å². The summed E-state index contributed by atoms with van der Waals surface area (Å²) in [6.45, 7) is 12.1. The predicted octanol–water partition coefficient (Wildman–Crippen LogP) is 4.85. The minimum absolute atomic E-state index is 0.0344. The lowest BCUT2D eigenvalue weighted by Crippen LogP contribution is -2.59. The number of allylic oxidation sites excluding steroid dienone is 1. The molecule has 1 saturated carbocycles. The monoisotopic (exact) mass is 455 g/mol. The molecule has 6 heteroatoms. The van der Waals surface area contributed by atoms with E-state index in [2.05, 4.69) is 20.8 Å². The van der Waals surface area contributed by atoms with Gasteiger partial charge in [0.1, 0.15) is 17.0 Å². The van der Waals surface area contributed by atoms with E-state index in [9.17, 15) is 19.1 Å². The molecule has 1 fully saturated rings. The van der Waals surface area contributed by atoms with Gasteiger partial charge in [-0.1, -0.05) is 51.5 Å². The van der Waals surface area contributed by atoms with Crippen molar-refractivity contribution in [3.05, 3.63) is 52.9 Å². The van der Waals surface area contributed by atoms with Crippen LogP contribution >= 0.6 is 0 Å². The lowest BCUT2D eigenvalue weighted by Gasteiger charge is -2.46. The number of ether oxygens (including phenoxy) is 1. The molecule has 1 aromatic carbocycles. The zero-order valence-corrected chi connectivity index (χ0v) is 20.2. The van der Waals surface area contributed by atoms with Gasteiger partial charge in [-0.25, -0.2) is 9.18 Å². The number of esters is 1. The molecule has 4 rings (SSSR count). The Balaban J connectivity index is 1.84. The van der Waals surface area contributed by atoms with E-state index in [4.69, 9.17) is 10.5 Å². The number of anilines is 1. The van der Waals surface area contributed by atoms with E-state index in [-0.39, 0.29) is 46.6 Å². The van der Waals surface area contributed by atoms with Gasteiger partial charge in [0.05, 0.1) is 5.41 Å². The quantitative estimate of drug-likeness (QED) is 0.378. The number of halogens is 1. The van der Waals surface area contributed by atoms with Crippen molar-refractivity contribution in [2.75, 3.05) is 5.73 Å². The maximum atomic E-state index is 14.4. The summed E-state index contributed by atoms with van der Waals surface area (Å²) in [4.78, 5) is 27.3. The normalized spacial score (nSPS) is 37.4. The third-order valence-corrected chi connectivity index (χ3v) is 8.74. The molecule has 0 aliphatic heterocycles. The van der Waals surface area contributed by atoms with E-state index in [1.807, 2.05) is 26.0 Å². The number of nitrogens with two attached hydrogens (primary N) is 1. The van der Waals surface area contributed by atoms with Crippen LogP contribution in [0.3, 0.4) is 0 Å². The molecule has 2 bridgehead atoms. The van der Waals surface area contributed by atoms with Crippen LogP contribution in [0.1, 0.15) is 64.7 Å². The summed E-state index contributed by atoms with van der Waals surface area (Å²) in [5.41, 5.74) is 3.77. The van der Waals surface area contributed by atoms with Crippen LogP contribution < -0.4 is 5.73 Å². The number of rotatable bonds is 2. The summed E-state index contributed by atoms with van der Waals surface area (Å²) in [6, 6.07) is 3.99. The molecular formula is C27H34FNO4. The molecule has 0 saturated heterocycles. The Hall–Kier alpha value is -2.47. The van der Waals surface area contributed by atoms with Crippen molar-refractivity contribution in [1.29, 1.82) is 0 Å². The summed E-state index contributed by atoms with van der Waals surface area (Å²) in [5.74, 6) is -2.07. The van der Waals surface area contributed by atoms with Crippen molar-refractivity contribution >= 4 is 17.4 Å². The molecule has 33 heavy (non-hydrogen) atoms. The second-order valence-corrected chi connectivity index (χ2v) is 11.1. The van der Waals surface area contributed by atoms with Crippen molar-refractivity contribution in [1.82, 2.24) is 0 Å². The maximum Gasteiger partial charge on any atom is 0.343 e. The molecule has 1 aromatic rings. The summed E-state index contributed by atoms with van der Waals surface area (Å²) in [5, 5.41) is 12.3. The van der Waals surface area contributed by atoms with Gasteiger partial charge in [0.15, 0.2) is 11.9 Å². The van der Waals surface area contributed by atoms with E-state index < -0.39 is 28.9 Å². The number of carbonyl (C=O) groups is 2. The van der Waals surface area contributed by atoms with Crippen molar-refractivity contribution in [3.8, 4) is 0 Å². The number of fused-ring (bicyclic) bond motifs is 1. The number of ketones is 1. The summed E-state index contributed by atoms with van der Waals surface area (Å²) in [6.07, 6.45) is 3.66. The van der Waals surface area contributed by atoms with Crippen LogP contribution in [0.4, 0.5) is 10.1 Å². The molecule has 5 nitrogen and oxygen atoms in total. The van der Waals surface area contributed by atoms with Gasteiger partial charge in [-0.15, -0.1) is 0 Å². The zero-order chi connectivity index (χ0) is 24.5. The molecule has 178 valence electrons. The molecule has 0 radical (unpaired) electrons. The molecular weight excluding hydrogens is 421 g/mol. The first-order valence-corrected chi connectivity index (χ1v) is 11.7. The van der Waals surface area contributed by atoms with Crippen molar-refractivity contribution < 1.29 is 23.8 Å². The predicted molar refractivity (Wildman–Crippen MR) is 125 cm³/mol. The fraction of sp³-hybridized carbons (Fsp3) is 0.556. The van der Waals surface area contributed by atoms with E-state index in [0.717, 1.165) is 18.1 Å². The van der Waals surface area contributed by atoms with Gasteiger partial charge in [-0.05, 0) is 55.2 Å². The first-order valence-electron chi connectivity index (χ1n) is 11.7. The average molecular weight is 456 g/mol. The number of hydrogen-bond acceptors (Lipinski definition) is 5. The van der Waals surface area contributed by atoms with Gasteiger partial charge in [0.25, 0.3) is 0 Å². The number of carbonyl (C=O) groups excluding carboxylic acids is 2. The number of aliphatic hydroxyl groups is 1. The van der Waals surface area contributed by atoms with Gasteiger partial charge < -0.3 is 15.6 Å². The summed E-state index contributed by atoms with van der Waals surface area (Å²) in [7, 11) is 0. The van der Waals surface area contributed by atoms with Gasteiger partial charge in [0, 0.05) is 18.0 Å². The smallest absolute Gasteiger partial charge is 0.343 e. The Bertz CT molecular complexity index is 1070. The Morgan fingerprint density at radius 1 is 1.21 bits per heavy atom. The SMILES string of the molecule is CC1=CC2C(=O)C3(C=C(C)C(OC(=O)c4c(N)cccc4F)C3(O)C1)[C@H](C)C[C@H](C)C2(C)C. The third-order valence-electron chi connectivity index (χ3n) is 8.74. The molecule has 6 atom stereocenters. The summed E-state index contributed by atoms with van der Waals surface area (Å²) >= 11 is 0. The number of nitrogen functional groups attached to an aromatic ring is 1. The lowest BCUT2D eigenvalue weighted by atomic mass is 9.60. The third kappa shape index (κ3) is 3.13. The van der Waals surface area contributed by atoms with Crippen LogP contribution in [0, 0.1) is 34.4 Å². The lowest BCUT2D eigenvalue weighted by molar-refractivity contribution is -0.162. The second kappa shape index (κ2) is 7.52. The van der Waals surface area contributed by atoms with E-state index in [1.165, 1.54) is 12.1 Å². The maximum absolute atomic E-state index is 14.4. The number of hydrogen-bond donors (Lipinski definition) is 2. The molecule has 1 spiro atoms. The first-order chi connectivity index (χ1) is 15.3. The van der Waals surface area contributed by atoms with Crippen molar-refractivity contribution in [2.45, 2.75) is 66.1 Å². The van der Waals surface area contributed by atoms with Crippen molar-refractivity contribution in [3.63, 3.8) is 0 Å². The molecule has 0 amide bonds. The largest absolute Gasteiger partial charge is 0.451 e. The van der Waals surface area contributed by atoms with Gasteiger partial charge in [-0.3, -0.25) is 4.79 Å². The summed E-state index contributed by atoms with van der Waals surface area (Å²) < 4.78 is 20.2. The van der Waals surface area contributed by atoms with Crippen LogP contribution in [0.2, 0.25) is 0 Å². The standard InChI is InChI=1S/C27H34FNO4/c1-14-10-18-22(30)26(17(4)11-16(3)25(18,5)6)13-15(2)23(27(26,32)12-14)33-24(31)21-19(28)8-7-9-20(21)29/h7-10,13,16-18,23,32H,11-12,29H2,1-6H3/t16-,17+,18?,23?,26?,27?/m0/s1. The van der Waals surface area contributed by atoms with Crippen LogP contribution in [0.5, 0.6) is 0 Å². The van der Waals surface area contributed by atoms with Gasteiger partial charge >= 0.3 is 5.97 Å². The van der Waals surface area contributed by atoms with E-state index >= 15 is 0 Å². The molecule has 3 aliphatic rings. The first kappa shape index (κ1) is 23.7. The van der Waals surface area contributed by atoms with Crippen LogP contribution in [0.15, 0.2) is 41.5 Å². The highest BCUT2D eigenvalue weighted by molar-refractivity contribution is 5.97. The Labute approximate surface area is 194 Å². The zero-order valence-electron chi connectivity index (χ0n) is 20.2. The highest BCUT2D eigenvalue weighted by Gasteiger charge is 2.69. The molecule has 3 N–H and O–H groups in total. The average Bonchev–Trinajstić information content (AvgIpc) is 2.84. The molecule has 0 aromatic heterocycles. The highest BCUT2D eigenvalue weighted by Crippen LogP contribution is 2.62. The number of Topliss-reactive ketones (excluding diaryl/α,β-unsaturated/α-hetero) is 1. The van der Waals surface area contributed by atoms with Crippen molar-refractivity contribution in [2.24, 2.45) is 28.6 Å². The molecule has 3 aliphatic carbocycles. The Kier molecular flexibility index (Phi) is 5.40. The number of benzene rings is 1. The van der Waals surface area contributed by atoms with Gasteiger partial charge in [0.2, 0.25) is 0 Å². The fourth-order valence-corrected chi connectivity index (χ4v) is 6.58. The molecule has 0 heterocycles. The minimum atomic E-state index is -1.67. The van der Waals surface area contributed by atoms with Crippen LogP contribution in [-0.2, 0) is 9.53 Å². The van der Waals surface area contributed by atoms with E-state index in [0.29, 0.717) is 5.57 Å². The highest BCUT2D eigenvalue weighted by atomic mass is 19.1. The Morgan fingerprint density at radius 3 is 2.52 bits per heavy atom. The minimum Gasteiger partial charge on any atom is -0.451 e.